The molecule has 2 aliphatic heterocycles. The number of halogens is 1. The Morgan fingerprint density at radius 2 is 2.05 bits per heavy atom. The van der Waals surface area contributed by atoms with Crippen molar-refractivity contribution in [2.75, 3.05) is 31.9 Å². The molecule has 2 fully saturated rings. The fourth-order valence-electron chi connectivity index (χ4n) is 3.42. The molecule has 0 aromatic rings. The molecule has 0 aromatic heterocycles. The van der Waals surface area contributed by atoms with Crippen molar-refractivity contribution < 1.29 is 17.1 Å². The van der Waals surface area contributed by atoms with E-state index < -0.39 is 16.0 Å². The van der Waals surface area contributed by atoms with E-state index in [1.54, 1.807) is 4.90 Å². The summed E-state index contributed by atoms with van der Waals surface area (Å²) in [6, 6.07) is 0.609. The van der Waals surface area contributed by atoms with Gasteiger partial charge in [0, 0.05) is 38.0 Å². The Labute approximate surface area is 126 Å². The maximum Gasteiger partial charge on any atom is 0.302 e. The van der Waals surface area contributed by atoms with Crippen LogP contribution in [0.4, 0.5) is 3.89 Å². The number of hydrogen-bond acceptors (Lipinski definition) is 4. The predicted molar refractivity (Wildman–Crippen MR) is 79.1 cm³/mol. The van der Waals surface area contributed by atoms with Crippen molar-refractivity contribution in [3.8, 4) is 0 Å². The molecule has 2 aliphatic rings. The highest BCUT2D eigenvalue weighted by molar-refractivity contribution is 7.86. The molecule has 0 N–H and O–H groups in total. The summed E-state index contributed by atoms with van der Waals surface area (Å²) in [7, 11) is -4.49. The minimum absolute atomic E-state index is 0.0460. The second kappa shape index (κ2) is 7.05. The molecule has 2 unspecified atom stereocenters. The van der Waals surface area contributed by atoms with Gasteiger partial charge in [-0.2, -0.15) is 8.42 Å². The van der Waals surface area contributed by atoms with E-state index in [2.05, 4.69) is 11.8 Å². The minimum atomic E-state index is -4.49. The molecule has 5 nitrogen and oxygen atoms in total. The zero-order chi connectivity index (χ0) is 15.5. The van der Waals surface area contributed by atoms with Crippen LogP contribution in [0.2, 0.25) is 0 Å². The molecule has 0 aliphatic carbocycles. The van der Waals surface area contributed by atoms with Gasteiger partial charge in [-0.15, -0.1) is 3.89 Å². The standard InChI is InChI=1S/C14H25FN2O3S/c1-12-5-2-3-6-16(12)7-4-8-17-10-13(9-14(17)18)11-21(15,19)20/h12-13H,2-11H2,1H3. The largest absolute Gasteiger partial charge is 0.342 e. The third kappa shape index (κ3) is 5.21. The molecule has 0 spiro atoms. The maximum atomic E-state index is 12.7. The van der Waals surface area contributed by atoms with Crippen LogP contribution in [0.25, 0.3) is 0 Å². The van der Waals surface area contributed by atoms with Crippen molar-refractivity contribution in [3.05, 3.63) is 0 Å². The van der Waals surface area contributed by atoms with Gasteiger partial charge in [-0.05, 0) is 32.7 Å². The normalized spacial score (nSPS) is 28.3. The van der Waals surface area contributed by atoms with Gasteiger partial charge in [-0.3, -0.25) is 4.79 Å². The molecular weight excluding hydrogens is 295 g/mol. The van der Waals surface area contributed by atoms with Gasteiger partial charge >= 0.3 is 10.2 Å². The number of piperidine rings is 1. The lowest BCUT2D eigenvalue weighted by molar-refractivity contribution is -0.127. The van der Waals surface area contributed by atoms with Crippen molar-refractivity contribution in [2.45, 2.75) is 45.1 Å². The monoisotopic (exact) mass is 320 g/mol. The Kier molecular flexibility index (Phi) is 5.60. The van der Waals surface area contributed by atoms with E-state index in [9.17, 15) is 17.1 Å². The lowest BCUT2D eigenvalue weighted by Crippen LogP contribution is -2.39. The van der Waals surface area contributed by atoms with Crippen molar-refractivity contribution >= 4 is 16.1 Å². The van der Waals surface area contributed by atoms with Crippen LogP contribution >= 0.6 is 0 Å². The first-order valence-electron chi connectivity index (χ1n) is 7.79. The SMILES string of the molecule is CC1CCCCN1CCCN1CC(CS(=O)(=O)F)CC1=O. The van der Waals surface area contributed by atoms with Crippen LogP contribution in [-0.4, -0.2) is 62.1 Å². The summed E-state index contributed by atoms with van der Waals surface area (Å²) in [5.74, 6) is -0.963. The van der Waals surface area contributed by atoms with E-state index >= 15 is 0 Å². The first-order valence-corrected chi connectivity index (χ1v) is 9.34. The van der Waals surface area contributed by atoms with Gasteiger partial charge in [0.25, 0.3) is 0 Å². The van der Waals surface area contributed by atoms with Gasteiger partial charge in [0.1, 0.15) is 0 Å². The Balaban J connectivity index is 1.72. The first-order chi connectivity index (χ1) is 9.85. The molecule has 2 heterocycles. The smallest absolute Gasteiger partial charge is 0.302 e. The molecule has 1 amide bonds. The van der Waals surface area contributed by atoms with Crippen LogP contribution in [0.3, 0.4) is 0 Å². The van der Waals surface area contributed by atoms with Crippen LogP contribution in [0.15, 0.2) is 0 Å². The van der Waals surface area contributed by atoms with Crippen LogP contribution < -0.4 is 0 Å². The highest BCUT2D eigenvalue weighted by atomic mass is 32.3. The molecule has 21 heavy (non-hydrogen) atoms. The number of hydrogen-bond donors (Lipinski definition) is 0. The highest BCUT2D eigenvalue weighted by Crippen LogP contribution is 2.21. The highest BCUT2D eigenvalue weighted by Gasteiger charge is 2.32. The average Bonchev–Trinajstić information content (AvgIpc) is 2.70. The zero-order valence-electron chi connectivity index (χ0n) is 12.6. The maximum absolute atomic E-state index is 12.7. The van der Waals surface area contributed by atoms with Crippen LogP contribution in [-0.2, 0) is 15.0 Å². The Bertz CT molecular complexity index is 469. The summed E-state index contributed by atoms with van der Waals surface area (Å²) in [4.78, 5) is 15.9. The summed E-state index contributed by atoms with van der Waals surface area (Å²) in [5, 5.41) is 0. The number of carbonyl (C=O) groups excluding carboxylic acids is 1. The number of nitrogens with zero attached hydrogens (tertiary/aromatic N) is 2. The van der Waals surface area contributed by atoms with Gasteiger partial charge in [-0.1, -0.05) is 6.42 Å². The topological polar surface area (TPSA) is 57.7 Å². The summed E-state index contributed by atoms with van der Waals surface area (Å²) >= 11 is 0. The van der Waals surface area contributed by atoms with Gasteiger partial charge in [0.2, 0.25) is 5.91 Å². The van der Waals surface area contributed by atoms with Crippen molar-refractivity contribution in [1.29, 1.82) is 0 Å². The molecule has 0 aromatic carbocycles. The summed E-state index contributed by atoms with van der Waals surface area (Å²) < 4.78 is 34.0. The van der Waals surface area contributed by atoms with E-state index in [0.29, 0.717) is 19.1 Å². The molecule has 0 saturated carbocycles. The predicted octanol–water partition coefficient (Wildman–Crippen LogP) is 1.40. The first kappa shape index (κ1) is 16.7. The lowest BCUT2D eigenvalue weighted by atomic mass is 10.0. The fraction of sp³-hybridized carbons (Fsp3) is 0.929. The third-order valence-corrected chi connectivity index (χ3v) is 5.41. The molecule has 122 valence electrons. The average molecular weight is 320 g/mol. The quantitative estimate of drug-likeness (QED) is 0.694. The molecular formula is C14H25FN2O3S. The number of carbonyl (C=O) groups is 1. The fourth-order valence-corrected chi connectivity index (χ4v) is 4.20. The van der Waals surface area contributed by atoms with E-state index in [4.69, 9.17) is 0 Å². The number of rotatable bonds is 6. The van der Waals surface area contributed by atoms with E-state index in [1.165, 1.54) is 19.3 Å². The molecule has 2 atom stereocenters. The van der Waals surface area contributed by atoms with E-state index in [1.807, 2.05) is 0 Å². The van der Waals surface area contributed by atoms with Crippen molar-refractivity contribution in [2.24, 2.45) is 5.92 Å². The Morgan fingerprint density at radius 3 is 2.71 bits per heavy atom. The summed E-state index contributed by atoms with van der Waals surface area (Å²) in [6.45, 7) is 5.35. The van der Waals surface area contributed by atoms with Gasteiger partial charge < -0.3 is 9.80 Å². The second-order valence-electron chi connectivity index (χ2n) is 6.35. The third-order valence-electron chi connectivity index (χ3n) is 4.54. The lowest BCUT2D eigenvalue weighted by Gasteiger charge is -2.33. The summed E-state index contributed by atoms with van der Waals surface area (Å²) in [5.41, 5.74) is 0. The van der Waals surface area contributed by atoms with Crippen LogP contribution in [0.1, 0.15) is 39.0 Å². The van der Waals surface area contributed by atoms with Crippen molar-refractivity contribution in [3.63, 3.8) is 0 Å². The Morgan fingerprint density at radius 1 is 1.29 bits per heavy atom. The molecule has 7 heteroatoms. The van der Waals surface area contributed by atoms with E-state index in [0.717, 1.165) is 19.5 Å². The van der Waals surface area contributed by atoms with Gasteiger partial charge in [0.15, 0.2) is 0 Å². The zero-order valence-corrected chi connectivity index (χ0v) is 13.4. The van der Waals surface area contributed by atoms with Gasteiger partial charge in [0.05, 0.1) is 5.75 Å². The van der Waals surface area contributed by atoms with Crippen LogP contribution in [0, 0.1) is 5.92 Å². The molecule has 0 bridgehead atoms. The van der Waals surface area contributed by atoms with Gasteiger partial charge in [-0.25, -0.2) is 0 Å². The minimum Gasteiger partial charge on any atom is -0.342 e. The number of amides is 1. The summed E-state index contributed by atoms with van der Waals surface area (Å²) in [6.07, 6.45) is 4.82. The molecule has 2 rings (SSSR count). The van der Waals surface area contributed by atoms with Crippen molar-refractivity contribution in [1.82, 2.24) is 9.80 Å². The molecule has 0 radical (unpaired) electrons. The second-order valence-corrected chi connectivity index (χ2v) is 7.76. The van der Waals surface area contributed by atoms with Crippen LogP contribution in [0.5, 0.6) is 0 Å². The van der Waals surface area contributed by atoms with E-state index in [-0.39, 0.29) is 18.2 Å². The molecule has 2 saturated heterocycles. The Hall–Kier alpha value is -0.690. The number of likely N-dealkylation sites (tertiary alicyclic amines) is 2.